The number of allylic oxidation sites excluding steroid dienone is 2. The third-order valence-electron chi connectivity index (χ3n) is 1.88. The summed E-state index contributed by atoms with van der Waals surface area (Å²) in [5, 5.41) is 8.66. The van der Waals surface area contributed by atoms with Gasteiger partial charge in [0.05, 0.1) is 0 Å². The fourth-order valence-corrected chi connectivity index (χ4v) is 1.97. The van der Waals surface area contributed by atoms with E-state index in [0.717, 1.165) is 5.82 Å². The molecule has 1 rings (SSSR count). The lowest BCUT2D eigenvalue weighted by Crippen LogP contribution is -2.05. The van der Waals surface area contributed by atoms with Gasteiger partial charge in [-0.3, -0.25) is 4.57 Å². The maximum absolute atomic E-state index is 10.6. The molecule has 0 unspecified atom stereocenters. The first kappa shape index (κ1) is 11.2. The number of carboxylic acids is 1. The van der Waals surface area contributed by atoms with Crippen molar-refractivity contribution in [2.24, 2.45) is 0 Å². The Kier molecular flexibility index (Phi) is 3.26. The number of hydrogen-bond acceptors (Lipinski definition) is 2. The zero-order valence-electron chi connectivity index (χ0n) is 7.38. The summed E-state index contributed by atoms with van der Waals surface area (Å²) in [7, 11) is -4.19. The summed E-state index contributed by atoms with van der Waals surface area (Å²) in [5.74, 6) is -0.198. The predicted octanol–water partition coefficient (Wildman–Crippen LogP) is 1.24. The summed E-state index contributed by atoms with van der Waals surface area (Å²) in [6, 6.07) is 0. The van der Waals surface area contributed by atoms with Crippen LogP contribution in [0.4, 0.5) is 0 Å². The van der Waals surface area contributed by atoms with Crippen molar-refractivity contribution in [1.82, 2.24) is 0 Å². The van der Waals surface area contributed by atoms with E-state index >= 15 is 0 Å². The summed E-state index contributed by atoms with van der Waals surface area (Å²) in [4.78, 5) is 27.9. The van der Waals surface area contributed by atoms with Gasteiger partial charge in [0.15, 0.2) is 0 Å². The number of hydrogen-bond donors (Lipinski definition) is 3. The van der Waals surface area contributed by atoms with Crippen LogP contribution in [0, 0.1) is 0 Å². The molecule has 1 aliphatic rings. The molecule has 5 nitrogen and oxygen atoms in total. The van der Waals surface area contributed by atoms with Gasteiger partial charge in [-0.25, -0.2) is 4.79 Å². The second kappa shape index (κ2) is 4.09. The van der Waals surface area contributed by atoms with Crippen molar-refractivity contribution in [1.29, 1.82) is 0 Å². The average Bonchev–Trinajstić information content (AvgIpc) is 2.01. The van der Waals surface area contributed by atoms with Gasteiger partial charge in [-0.05, 0) is 30.9 Å². The lowest BCUT2D eigenvalue weighted by Gasteiger charge is -2.12. The topological polar surface area (TPSA) is 94.8 Å². The highest BCUT2D eigenvalue weighted by Gasteiger charge is 2.16. The molecule has 0 aromatic carbocycles. The van der Waals surface area contributed by atoms with Crippen LogP contribution in [0.3, 0.4) is 0 Å². The van der Waals surface area contributed by atoms with E-state index in [9.17, 15) is 9.36 Å². The average molecular weight is 218 g/mol. The van der Waals surface area contributed by atoms with Crippen molar-refractivity contribution in [3.05, 3.63) is 23.0 Å². The minimum Gasteiger partial charge on any atom is -0.478 e. The summed E-state index contributed by atoms with van der Waals surface area (Å²) in [5.41, 5.74) is 0.609. The van der Waals surface area contributed by atoms with Gasteiger partial charge in [0.25, 0.3) is 0 Å². The van der Waals surface area contributed by atoms with Crippen molar-refractivity contribution >= 4 is 13.6 Å². The van der Waals surface area contributed by atoms with Gasteiger partial charge in [0.2, 0.25) is 0 Å². The first-order valence-corrected chi connectivity index (χ1v) is 5.77. The zero-order valence-corrected chi connectivity index (χ0v) is 8.28. The van der Waals surface area contributed by atoms with Crippen LogP contribution >= 0.6 is 7.60 Å². The molecule has 0 aromatic rings. The molecule has 0 bridgehead atoms. The highest BCUT2D eigenvalue weighted by Crippen LogP contribution is 2.40. The zero-order chi connectivity index (χ0) is 10.8. The van der Waals surface area contributed by atoms with Crippen LogP contribution in [0.25, 0.3) is 0 Å². The molecule has 6 heteroatoms. The van der Waals surface area contributed by atoms with Gasteiger partial charge in [0, 0.05) is 11.4 Å². The van der Waals surface area contributed by atoms with Crippen LogP contribution < -0.4 is 0 Å². The van der Waals surface area contributed by atoms with Gasteiger partial charge in [-0.2, -0.15) is 0 Å². The van der Waals surface area contributed by atoms with E-state index in [-0.39, 0.29) is 5.57 Å². The number of carbonyl (C=O) groups is 1. The van der Waals surface area contributed by atoms with Crippen molar-refractivity contribution in [2.75, 3.05) is 0 Å². The molecule has 78 valence electrons. The molecular weight excluding hydrogens is 207 g/mol. The molecule has 0 aromatic heterocycles. The van der Waals surface area contributed by atoms with Gasteiger partial charge in [-0.1, -0.05) is 0 Å². The second-order valence-electron chi connectivity index (χ2n) is 3.12. The smallest absolute Gasteiger partial charge is 0.349 e. The Labute approximate surface area is 80.9 Å². The van der Waals surface area contributed by atoms with E-state index in [2.05, 4.69) is 0 Å². The van der Waals surface area contributed by atoms with Crippen LogP contribution in [0.2, 0.25) is 0 Å². The highest BCUT2D eigenvalue weighted by molar-refractivity contribution is 7.55. The van der Waals surface area contributed by atoms with E-state index < -0.39 is 13.6 Å². The van der Waals surface area contributed by atoms with Crippen LogP contribution in [-0.2, 0) is 9.36 Å². The Morgan fingerprint density at radius 2 is 2.07 bits per heavy atom. The van der Waals surface area contributed by atoms with Crippen LogP contribution in [0.5, 0.6) is 0 Å². The van der Waals surface area contributed by atoms with Gasteiger partial charge < -0.3 is 14.9 Å². The molecule has 0 atom stereocenters. The summed E-state index contributed by atoms with van der Waals surface area (Å²) in [6.45, 7) is 0. The minimum absolute atomic E-state index is 0.205. The van der Waals surface area contributed by atoms with Gasteiger partial charge in [0.1, 0.15) is 0 Å². The van der Waals surface area contributed by atoms with Crippen LogP contribution in [0.1, 0.15) is 19.3 Å². The van der Waals surface area contributed by atoms with Gasteiger partial charge >= 0.3 is 13.6 Å². The largest absolute Gasteiger partial charge is 0.478 e. The Morgan fingerprint density at radius 3 is 2.57 bits per heavy atom. The van der Waals surface area contributed by atoms with Crippen molar-refractivity contribution in [3.8, 4) is 0 Å². The maximum Gasteiger partial charge on any atom is 0.349 e. The van der Waals surface area contributed by atoms with Crippen molar-refractivity contribution < 1.29 is 24.3 Å². The van der Waals surface area contributed by atoms with Crippen molar-refractivity contribution in [2.45, 2.75) is 19.3 Å². The SMILES string of the molecule is O=C(O)C1=C/C(=C\P(=O)(O)O)CCC1. The normalized spacial score (nSPS) is 20.7. The van der Waals surface area contributed by atoms with E-state index in [1.54, 1.807) is 0 Å². The van der Waals surface area contributed by atoms with Crippen molar-refractivity contribution in [3.63, 3.8) is 0 Å². The maximum atomic E-state index is 10.6. The molecule has 3 N–H and O–H groups in total. The molecule has 14 heavy (non-hydrogen) atoms. The Balaban J connectivity index is 2.93. The first-order valence-electron chi connectivity index (χ1n) is 4.09. The van der Waals surface area contributed by atoms with Crippen LogP contribution in [-0.4, -0.2) is 20.9 Å². The highest BCUT2D eigenvalue weighted by atomic mass is 31.2. The molecule has 0 amide bonds. The number of rotatable bonds is 2. The second-order valence-corrected chi connectivity index (χ2v) is 4.56. The number of carboxylic acid groups (broad SMARTS) is 1. The molecule has 0 spiro atoms. The standard InChI is InChI=1S/C8H11O5P/c9-8(10)7-3-1-2-6(4-7)5-14(11,12)13/h4-5H,1-3H2,(H,9,10)(H2,11,12,13)/b6-5-. The molecule has 0 saturated heterocycles. The summed E-state index contributed by atoms with van der Waals surface area (Å²) in [6.07, 6.45) is 2.92. The van der Waals surface area contributed by atoms with E-state index in [0.29, 0.717) is 24.8 Å². The lowest BCUT2D eigenvalue weighted by molar-refractivity contribution is -0.132. The van der Waals surface area contributed by atoms with E-state index in [1.165, 1.54) is 6.08 Å². The first-order chi connectivity index (χ1) is 6.38. The molecule has 1 aliphatic carbocycles. The molecular formula is C8H11O5P. The molecule has 0 heterocycles. The minimum atomic E-state index is -4.19. The number of aliphatic carboxylic acids is 1. The molecule has 0 aliphatic heterocycles. The lowest BCUT2D eigenvalue weighted by atomic mass is 9.96. The quantitative estimate of drug-likeness (QED) is 0.606. The monoisotopic (exact) mass is 218 g/mol. The third kappa shape index (κ3) is 3.46. The third-order valence-corrected chi connectivity index (χ3v) is 2.55. The Hall–Kier alpha value is -0.900. The van der Waals surface area contributed by atoms with E-state index in [1.807, 2.05) is 0 Å². The Bertz CT molecular complexity index is 349. The fourth-order valence-electron chi connectivity index (χ4n) is 1.34. The van der Waals surface area contributed by atoms with Crippen LogP contribution in [0.15, 0.2) is 23.0 Å². The van der Waals surface area contributed by atoms with E-state index in [4.69, 9.17) is 14.9 Å². The summed E-state index contributed by atoms with van der Waals surface area (Å²) >= 11 is 0. The summed E-state index contributed by atoms with van der Waals surface area (Å²) < 4.78 is 10.6. The predicted molar refractivity (Wildman–Crippen MR) is 49.7 cm³/mol. The molecule has 0 radical (unpaired) electrons. The fraction of sp³-hybridized carbons (Fsp3) is 0.375. The van der Waals surface area contributed by atoms with Gasteiger partial charge in [-0.15, -0.1) is 0 Å². The molecule has 0 saturated carbocycles. The molecule has 0 fully saturated rings. The Morgan fingerprint density at radius 1 is 1.43 bits per heavy atom.